The van der Waals surface area contributed by atoms with Crippen molar-refractivity contribution in [2.45, 2.75) is 38.6 Å². The normalized spacial score (nSPS) is 18.5. The highest BCUT2D eigenvalue weighted by Gasteiger charge is 2.28. The average Bonchev–Trinajstić information content (AvgIpc) is 2.94. The van der Waals surface area contributed by atoms with Gasteiger partial charge in [-0.2, -0.15) is 4.98 Å². The van der Waals surface area contributed by atoms with Crippen LogP contribution >= 0.6 is 0 Å². The van der Waals surface area contributed by atoms with Crippen LogP contribution in [0.2, 0.25) is 0 Å². The molecule has 0 radical (unpaired) electrons. The second kappa shape index (κ2) is 3.83. The minimum atomic E-state index is -0.0762. The van der Waals surface area contributed by atoms with Crippen molar-refractivity contribution in [2.24, 2.45) is 0 Å². The first-order valence-electron chi connectivity index (χ1n) is 6.22. The predicted octanol–water partition coefficient (Wildman–Crippen LogP) is 3.08. The maximum Gasteiger partial charge on any atom is 0.249 e. The van der Waals surface area contributed by atoms with Gasteiger partial charge in [0, 0.05) is 17.5 Å². The van der Waals surface area contributed by atoms with Gasteiger partial charge in [-0.15, -0.1) is 0 Å². The summed E-state index contributed by atoms with van der Waals surface area (Å²) < 4.78 is 5.38. The van der Waals surface area contributed by atoms with E-state index in [0.717, 1.165) is 17.9 Å². The Balaban J connectivity index is 1.85. The van der Waals surface area contributed by atoms with E-state index in [4.69, 9.17) is 4.52 Å². The standard InChI is InChI=1S/C14H17N3O/c1-14(2,3)13-16-12(18-17-13)11-8-9-6-4-5-7-10(9)15-11/h4-7,11,15H,8H2,1-3H3/t11-/m0/s1. The molecule has 0 saturated carbocycles. The Hall–Kier alpha value is -1.84. The molecule has 4 nitrogen and oxygen atoms in total. The lowest BCUT2D eigenvalue weighted by molar-refractivity contribution is 0.351. The van der Waals surface area contributed by atoms with Crippen molar-refractivity contribution in [2.75, 3.05) is 5.32 Å². The van der Waals surface area contributed by atoms with Crippen molar-refractivity contribution >= 4 is 5.69 Å². The zero-order chi connectivity index (χ0) is 12.8. The van der Waals surface area contributed by atoms with Crippen LogP contribution in [0.4, 0.5) is 5.69 Å². The summed E-state index contributed by atoms with van der Waals surface area (Å²) >= 11 is 0. The van der Waals surface area contributed by atoms with E-state index in [1.165, 1.54) is 5.56 Å². The molecule has 1 aromatic carbocycles. The third kappa shape index (κ3) is 1.88. The Morgan fingerprint density at radius 2 is 2.06 bits per heavy atom. The Labute approximate surface area is 106 Å². The van der Waals surface area contributed by atoms with Crippen LogP contribution in [0.25, 0.3) is 0 Å². The van der Waals surface area contributed by atoms with Crippen LogP contribution in [-0.2, 0) is 11.8 Å². The Morgan fingerprint density at radius 1 is 1.28 bits per heavy atom. The molecule has 0 bridgehead atoms. The van der Waals surface area contributed by atoms with Crippen LogP contribution in [-0.4, -0.2) is 10.1 Å². The number of hydrogen-bond acceptors (Lipinski definition) is 4. The molecule has 3 rings (SSSR count). The number of rotatable bonds is 1. The van der Waals surface area contributed by atoms with Gasteiger partial charge in [0.25, 0.3) is 0 Å². The van der Waals surface area contributed by atoms with Gasteiger partial charge in [0.15, 0.2) is 5.82 Å². The second-order valence-electron chi connectivity index (χ2n) is 5.76. The molecule has 0 amide bonds. The zero-order valence-electron chi connectivity index (χ0n) is 10.9. The number of benzene rings is 1. The molecule has 1 aliphatic rings. The van der Waals surface area contributed by atoms with E-state index in [9.17, 15) is 0 Å². The molecule has 1 atom stereocenters. The highest BCUT2D eigenvalue weighted by molar-refractivity contribution is 5.56. The van der Waals surface area contributed by atoms with Gasteiger partial charge in [0.1, 0.15) is 6.04 Å². The summed E-state index contributed by atoms with van der Waals surface area (Å²) in [5.41, 5.74) is 2.39. The molecule has 1 aromatic heterocycles. The number of hydrogen-bond donors (Lipinski definition) is 1. The van der Waals surface area contributed by atoms with E-state index in [2.05, 4.69) is 54.4 Å². The number of para-hydroxylation sites is 1. The van der Waals surface area contributed by atoms with Crippen molar-refractivity contribution in [3.63, 3.8) is 0 Å². The molecule has 2 aromatic rings. The second-order valence-corrected chi connectivity index (χ2v) is 5.76. The molecule has 18 heavy (non-hydrogen) atoms. The van der Waals surface area contributed by atoms with E-state index < -0.39 is 0 Å². The average molecular weight is 243 g/mol. The molecule has 0 unspecified atom stereocenters. The van der Waals surface area contributed by atoms with E-state index in [0.29, 0.717) is 5.89 Å². The van der Waals surface area contributed by atoms with Gasteiger partial charge in [-0.25, -0.2) is 0 Å². The topological polar surface area (TPSA) is 51.0 Å². The molecule has 0 spiro atoms. The van der Waals surface area contributed by atoms with Crippen LogP contribution in [0.1, 0.15) is 44.1 Å². The molecule has 0 aliphatic carbocycles. The van der Waals surface area contributed by atoms with Crippen molar-refractivity contribution in [3.05, 3.63) is 41.5 Å². The molecule has 1 aliphatic heterocycles. The van der Waals surface area contributed by atoms with Crippen molar-refractivity contribution in [1.82, 2.24) is 10.1 Å². The van der Waals surface area contributed by atoms with E-state index in [1.807, 2.05) is 6.07 Å². The fourth-order valence-electron chi connectivity index (χ4n) is 2.13. The summed E-state index contributed by atoms with van der Waals surface area (Å²) in [5.74, 6) is 1.44. The van der Waals surface area contributed by atoms with Gasteiger partial charge in [-0.1, -0.05) is 44.1 Å². The van der Waals surface area contributed by atoms with Crippen molar-refractivity contribution < 1.29 is 4.52 Å². The fraction of sp³-hybridized carbons (Fsp3) is 0.429. The molecule has 0 saturated heterocycles. The van der Waals surface area contributed by atoms with E-state index >= 15 is 0 Å². The van der Waals surface area contributed by atoms with E-state index in [-0.39, 0.29) is 11.5 Å². The monoisotopic (exact) mass is 243 g/mol. The van der Waals surface area contributed by atoms with Crippen molar-refractivity contribution in [1.29, 1.82) is 0 Å². The largest absolute Gasteiger partial charge is 0.373 e. The van der Waals surface area contributed by atoms with Gasteiger partial charge in [0.05, 0.1) is 0 Å². The maximum absolute atomic E-state index is 5.38. The van der Waals surface area contributed by atoms with E-state index in [1.54, 1.807) is 0 Å². The fourth-order valence-corrected chi connectivity index (χ4v) is 2.13. The summed E-state index contributed by atoms with van der Waals surface area (Å²) in [6.45, 7) is 6.25. The van der Waals surface area contributed by atoms with Gasteiger partial charge in [-0.3, -0.25) is 0 Å². The SMILES string of the molecule is CC(C)(C)c1noc([C@@H]2Cc3ccccc3N2)n1. The summed E-state index contributed by atoms with van der Waals surface area (Å²) in [5, 5.41) is 7.49. The first-order chi connectivity index (χ1) is 8.54. The molecule has 0 fully saturated rings. The quantitative estimate of drug-likeness (QED) is 0.836. The summed E-state index contributed by atoms with van der Waals surface area (Å²) in [7, 11) is 0. The molecular weight excluding hydrogens is 226 g/mol. The van der Waals surface area contributed by atoms with Crippen LogP contribution in [0.3, 0.4) is 0 Å². The minimum absolute atomic E-state index is 0.0762. The highest BCUT2D eigenvalue weighted by atomic mass is 16.5. The zero-order valence-corrected chi connectivity index (χ0v) is 10.9. The first kappa shape index (κ1) is 11.3. The third-order valence-electron chi connectivity index (χ3n) is 3.18. The molecule has 4 heteroatoms. The van der Waals surface area contributed by atoms with Gasteiger partial charge in [-0.05, 0) is 11.6 Å². The Kier molecular flexibility index (Phi) is 2.40. The molecule has 2 heterocycles. The Bertz CT molecular complexity index is 543. The summed E-state index contributed by atoms with van der Waals surface area (Å²) in [4.78, 5) is 4.51. The smallest absolute Gasteiger partial charge is 0.249 e. The third-order valence-corrected chi connectivity index (χ3v) is 3.18. The first-order valence-corrected chi connectivity index (χ1v) is 6.22. The lowest BCUT2D eigenvalue weighted by Crippen LogP contribution is -2.14. The van der Waals surface area contributed by atoms with Crippen LogP contribution in [0.15, 0.2) is 28.8 Å². The number of anilines is 1. The highest BCUT2D eigenvalue weighted by Crippen LogP contribution is 2.33. The predicted molar refractivity (Wildman–Crippen MR) is 69.5 cm³/mol. The lowest BCUT2D eigenvalue weighted by atomic mass is 9.96. The molecule has 94 valence electrons. The summed E-state index contributed by atoms with van der Waals surface area (Å²) in [6, 6.07) is 8.39. The van der Waals surface area contributed by atoms with Gasteiger partial charge in [0.2, 0.25) is 5.89 Å². The molecule has 1 N–H and O–H groups in total. The number of nitrogens with one attached hydrogen (secondary N) is 1. The Morgan fingerprint density at radius 3 is 2.72 bits per heavy atom. The number of nitrogens with zero attached hydrogens (tertiary/aromatic N) is 2. The van der Waals surface area contributed by atoms with Gasteiger partial charge < -0.3 is 9.84 Å². The van der Waals surface area contributed by atoms with Crippen LogP contribution in [0.5, 0.6) is 0 Å². The van der Waals surface area contributed by atoms with Crippen LogP contribution in [0, 0.1) is 0 Å². The molecular formula is C14H17N3O. The maximum atomic E-state index is 5.38. The van der Waals surface area contributed by atoms with Crippen molar-refractivity contribution in [3.8, 4) is 0 Å². The number of aromatic nitrogens is 2. The minimum Gasteiger partial charge on any atom is -0.373 e. The lowest BCUT2D eigenvalue weighted by Gasteiger charge is -2.11. The number of fused-ring (bicyclic) bond motifs is 1. The van der Waals surface area contributed by atoms with Gasteiger partial charge >= 0.3 is 0 Å². The van der Waals surface area contributed by atoms with Crippen LogP contribution < -0.4 is 5.32 Å². The summed E-state index contributed by atoms with van der Waals surface area (Å²) in [6.07, 6.45) is 0.905.